The van der Waals surface area contributed by atoms with Crippen molar-refractivity contribution in [3.8, 4) is 22.6 Å². The van der Waals surface area contributed by atoms with Gasteiger partial charge in [0.05, 0.1) is 31.6 Å². The molecule has 6 rings (SSSR count). The highest BCUT2D eigenvalue weighted by Gasteiger charge is 2.51. The number of likely N-dealkylation sites (N-methyl/N-ethyl adjacent to an activating group) is 1. The van der Waals surface area contributed by atoms with E-state index in [1.807, 2.05) is 20.1 Å². The highest BCUT2D eigenvalue weighted by molar-refractivity contribution is 5.79. The van der Waals surface area contributed by atoms with Crippen LogP contribution >= 0.6 is 0 Å². The first kappa shape index (κ1) is 28.8. The number of rotatable bonds is 9. The van der Waals surface area contributed by atoms with Gasteiger partial charge in [0, 0.05) is 43.2 Å². The standard InChI is InChI=1S/C33H36FN7O2/c1-22(2)31-28(14-36-20-38-31)27-11-25(34)9-10-29(27)43-30-15-37-21-39-32(30)41-18-33(19-41)12-26(17-42-33)40(4)16-24-7-5-23(6-8-24)13-35-3/h5-11,13-15,20-22,26H,12,16-19H2,1-4H3. The fraction of sp³-hybridized carbons (Fsp3) is 0.364. The fourth-order valence-electron chi connectivity index (χ4n) is 5.94. The minimum Gasteiger partial charge on any atom is -0.451 e. The highest BCUT2D eigenvalue weighted by atomic mass is 19.1. The average Bonchev–Trinajstić information content (AvgIpc) is 3.45. The number of hydrogen-bond donors (Lipinski definition) is 0. The van der Waals surface area contributed by atoms with E-state index < -0.39 is 0 Å². The fourth-order valence-corrected chi connectivity index (χ4v) is 5.94. The maximum Gasteiger partial charge on any atom is 0.188 e. The quantitative estimate of drug-likeness (QED) is 0.239. The van der Waals surface area contributed by atoms with Crippen LogP contribution in [0.3, 0.4) is 0 Å². The molecule has 0 bridgehead atoms. The van der Waals surface area contributed by atoms with Crippen molar-refractivity contribution < 1.29 is 13.9 Å². The van der Waals surface area contributed by atoms with Gasteiger partial charge in [0.2, 0.25) is 0 Å². The van der Waals surface area contributed by atoms with Gasteiger partial charge in [0.25, 0.3) is 0 Å². The number of hydrogen-bond acceptors (Lipinski definition) is 9. The van der Waals surface area contributed by atoms with Crippen LogP contribution in [-0.4, -0.2) is 76.5 Å². The summed E-state index contributed by atoms with van der Waals surface area (Å²) in [4.78, 5) is 26.0. The molecule has 1 unspecified atom stereocenters. The zero-order valence-electron chi connectivity index (χ0n) is 24.9. The van der Waals surface area contributed by atoms with Crippen LogP contribution in [0.2, 0.25) is 0 Å². The first-order chi connectivity index (χ1) is 20.8. The Hall–Kier alpha value is -4.28. The minimum absolute atomic E-state index is 0.123. The van der Waals surface area contributed by atoms with Gasteiger partial charge >= 0.3 is 0 Å². The summed E-state index contributed by atoms with van der Waals surface area (Å²) < 4.78 is 27.2. The molecule has 2 saturated heterocycles. The molecular formula is C33H36FN7O2. The van der Waals surface area contributed by atoms with Gasteiger partial charge in [-0.3, -0.25) is 9.89 Å². The van der Waals surface area contributed by atoms with Crippen molar-refractivity contribution in [2.45, 2.75) is 44.4 Å². The Morgan fingerprint density at radius 2 is 1.84 bits per heavy atom. The van der Waals surface area contributed by atoms with E-state index >= 15 is 0 Å². The van der Waals surface area contributed by atoms with Crippen LogP contribution in [-0.2, 0) is 11.3 Å². The van der Waals surface area contributed by atoms with Gasteiger partial charge in [0.1, 0.15) is 29.8 Å². The van der Waals surface area contributed by atoms with Gasteiger partial charge in [-0.15, -0.1) is 0 Å². The molecule has 0 aliphatic carbocycles. The Balaban J connectivity index is 1.15. The Kier molecular flexibility index (Phi) is 8.14. The molecule has 2 aliphatic heterocycles. The third kappa shape index (κ3) is 6.11. The first-order valence-corrected chi connectivity index (χ1v) is 14.5. The lowest BCUT2D eigenvalue weighted by Gasteiger charge is -2.48. The normalized spacial score (nSPS) is 17.7. The van der Waals surface area contributed by atoms with Crippen LogP contribution in [0, 0.1) is 5.82 Å². The van der Waals surface area contributed by atoms with Gasteiger partial charge in [-0.2, -0.15) is 0 Å². The molecule has 1 spiro atoms. The average molecular weight is 582 g/mol. The summed E-state index contributed by atoms with van der Waals surface area (Å²) in [5, 5.41) is 0. The third-order valence-corrected chi connectivity index (χ3v) is 8.16. The molecule has 0 N–H and O–H groups in total. The molecule has 4 aromatic rings. The van der Waals surface area contributed by atoms with Crippen molar-refractivity contribution in [2.75, 3.05) is 38.7 Å². The molecule has 4 heterocycles. The minimum atomic E-state index is -0.365. The van der Waals surface area contributed by atoms with Crippen LogP contribution in [0.15, 0.2) is 72.5 Å². The maximum absolute atomic E-state index is 14.4. The van der Waals surface area contributed by atoms with Crippen LogP contribution in [0.5, 0.6) is 11.5 Å². The number of nitrogens with zero attached hydrogens (tertiary/aromatic N) is 7. The number of halogens is 1. The maximum atomic E-state index is 14.4. The molecule has 1 atom stereocenters. The summed E-state index contributed by atoms with van der Waals surface area (Å²) in [6.07, 6.45) is 9.18. The molecular weight excluding hydrogens is 545 g/mol. The zero-order valence-corrected chi connectivity index (χ0v) is 24.9. The number of benzene rings is 2. The van der Waals surface area contributed by atoms with E-state index in [0.717, 1.165) is 29.8 Å². The van der Waals surface area contributed by atoms with Gasteiger partial charge in [0.15, 0.2) is 11.6 Å². The molecule has 222 valence electrons. The largest absolute Gasteiger partial charge is 0.451 e. The number of aliphatic imine (C=N–C) groups is 1. The van der Waals surface area contributed by atoms with Crippen molar-refractivity contribution in [2.24, 2.45) is 4.99 Å². The second kappa shape index (κ2) is 12.1. The monoisotopic (exact) mass is 581 g/mol. The Morgan fingerprint density at radius 3 is 2.60 bits per heavy atom. The molecule has 2 fully saturated rings. The van der Waals surface area contributed by atoms with E-state index in [0.29, 0.717) is 48.6 Å². The third-order valence-electron chi connectivity index (χ3n) is 8.16. The lowest BCUT2D eigenvalue weighted by atomic mass is 9.89. The van der Waals surface area contributed by atoms with Crippen molar-refractivity contribution in [1.82, 2.24) is 24.8 Å². The Morgan fingerprint density at radius 1 is 1.07 bits per heavy atom. The Bertz CT molecular complexity index is 1610. The van der Waals surface area contributed by atoms with Crippen molar-refractivity contribution in [1.29, 1.82) is 0 Å². The predicted octanol–water partition coefficient (Wildman–Crippen LogP) is 5.52. The van der Waals surface area contributed by atoms with E-state index in [-0.39, 0.29) is 17.3 Å². The molecule has 0 saturated carbocycles. The highest BCUT2D eigenvalue weighted by Crippen LogP contribution is 2.43. The van der Waals surface area contributed by atoms with E-state index in [2.05, 4.69) is 66.0 Å². The van der Waals surface area contributed by atoms with Crippen molar-refractivity contribution >= 4 is 12.0 Å². The van der Waals surface area contributed by atoms with E-state index in [4.69, 9.17) is 9.47 Å². The molecule has 0 radical (unpaired) electrons. The molecule has 9 nitrogen and oxygen atoms in total. The summed E-state index contributed by atoms with van der Waals surface area (Å²) >= 11 is 0. The second-order valence-corrected chi connectivity index (χ2v) is 11.7. The summed E-state index contributed by atoms with van der Waals surface area (Å²) in [7, 11) is 3.94. The summed E-state index contributed by atoms with van der Waals surface area (Å²) in [5.74, 6) is 1.42. The van der Waals surface area contributed by atoms with Gasteiger partial charge < -0.3 is 14.4 Å². The van der Waals surface area contributed by atoms with Crippen LogP contribution in [0.4, 0.5) is 10.2 Å². The summed E-state index contributed by atoms with van der Waals surface area (Å²) in [6, 6.07) is 13.3. The topological polar surface area (TPSA) is 88.9 Å². The SMILES string of the molecule is CN=Cc1ccc(CN(C)C2COC3(C2)CN(c2ncncc2Oc2ccc(F)cc2-c2cncnc2C(C)C)C3)cc1. The zero-order chi connectivity index (χ0) is 30.0. The smallest absolute Gasteiger partial charge is 0.188 e. The van der Waals surface area contributed by atoms with Gasteiger partial charge in [-0.05, 0) is 48.7 Å². The van der Waals surface area contributed by atoms with Crippen LogP contribution in [0.25, 0.3) is 11.1 Å². The first-order valence-electron chi connectivity index (χ1n) is 14.5. The molecule has 2 aromatic heterocycles. The van der Waals surface area contributed by atoms with Crippen molar-refractivity contribution in [3.63, 3.8) is 0 Å². The number of anilines is 1. The number of ether oxygens (including phenoxy) is 2. The number of aromatic nitrogens is 4. The Labute approximate surface area is 251 Å². The van der Waals surface area contributed by atoms with E-state index in [1.54, 1.807) is 25.5 Å². The lowest BCUT2D eigenvalue weighted by Crippen LogP contribution is -2.62. The molecule has 43 heavy (non-hydrogen) atoms. The predicted molar refractivity (Wildman–Crippen MR) is 164 cm³/mol. The van der Waals surface area contributed by atoms with E-state index in [1.165, 1.54) is 30.4 Å². The van der Waals surface area contributed by atoms with Crippen molar-refractivity contribution in [3.05, 3.63) is 90.2 Å². The van der Waals surface area contributed by atoms with Gasteiger partial charge in [-0.1, -0.05) is 38.1 Å². The second-order valence-electron chi connectivity index (χ2n) is 11.7. The molecule has 10 heteroatoms. The molecule has 2 aromatic carbocycles. The van der Waals surface area contributed by atoms with Crippen LogP contribution < -0.4 is 9.64 Å². The molecule has 0 amide bonds. The molecule has 2 aliphatic rings. The summed E-state index contributed by atoms with van der Waals surface area (Å²) in [5.41, 5.74) is 4.27. The van der Waals surface area contributed by atoms with E-state index in [9.17, 15) is 4.39 Å². The summed E-state index contributed by atoms with van der Waals surface area (Å²) in [6.45, 7) is 7.04. The lowest BCUT2D eigenvalue weighted by molar-refractivity contribution is -0.0196. The van der Waals surface area contributed by atoms with Gasteiger partial charge in [-0.25, -0.2) is 24.3 Å². The van der Waals surface area contributed by atoms with Crippen LogP contribution in [0.1, 0.15) is 43.0 Å².